The van der Waals surface area contributed by atoms with Crippen molar-refractivity contribution < 1.29 is 13.5 Å². The lowest BCUT2D eigenvalue weighted by Crippen LogP contribution is -1.97. The molecule has 0 spiro atoms. The molecule has 2 heterocycles. The van der Waals surface area contributed by atoms with Crippen molar-refractivity contribution in [3.8, 4) is 0 Å². The molecule has 0 saturated carbocycles. The monoisotopic (exact) mass is 188 g/mol. The van der Waals surface area contributed by atoms with E-state index in [4.69, 9.17) is 4.74 Å². The quantitative estimate of drug-likeness (QED) is 0.669. The van der Waals surface area contributed by atoms with Crippen LogP contribution in [0.3, 0.4) is 0 Å². The summed E-state index contributed by atoms with van der Waals surface area (Å²) in [4.78, 5) is 0. The van der Waals surface area contributed by atoms with Crippen molar-refractivity contribution in [3.05, 3.63) is 17.5 Å². The summed E-state index contributed by atoms with van der Waals surface area (Å²) in [6.07, 6.45) is -0.187. The summed E-state index contributed by atoms with van der Waals surface area (Å²) < 4.78 is 31.2. The molecule has 1 aromatic heterocycles. The van der Waals surface area contributed by atoms with Gasteiger partial charge in [0.2, 0.25) is 0 Å². The number of ether oxygens (including phenoxy) is 1. The van der Waals surface area contributed by atoms with Crippen LogP contribution in [0.25, 0.3) is 0 Å². The Morgan fingerprint density at radius 1 is 1.77 bits per heavy atom. The molecule has 0 aromatic carbocycles. The summed E-state index contributed by atoms with van der Waals surface area (Å²) in [6, 6.07) is 0. The molecule has 1 unspecified atom stereocenters. The predicted molar refractivity (Wildman–Crippen MR) is 41.6 cm³/mol. The molecule has 0 radical (unpaired) electrons. The Balaban J connectivity index is 2.19. The average molecular weight is 188 g/mol. The molecular formula is C8H10F2N2O. The first-order valence-corrected chi connectivity index (χ1v) is 4.09. The highest BCUT2D eigenvalue weighted by atomic mass is 19.3. The molecule has 0 N–H and O–H groups in total. The molecular weight excluding hydrogens is 178 g/mol. The molecule has 1 fully saturated rings. The SMILES string of the molecule is Cn1cc(CC2CO2)c(C(F)F)n1. The maximum absolute atomic E-state index is 12.4. The van der Waals surface area contributed by atoms with Gasteiger partial charge in [0.15, 0.2) is 0 Å². The molecule has 1 aromatic rings. The van der Waals surface area contributed by atoms with E-state index in [1.165, 1.54) is 4.68 Å². The van der Waals surface area contributed by atoms with Gasteiger partial charge in [-0.25, -0.2) is 8.78 Å². The van der Waals surface area contributed by atoms with Gasteiger partial charge in [0.05, 0.1) is 12.7 Å². The van der Waals surface area contributed by atoms with Crippen molar-refractivity contribution in [3.63, 3.8) is 0 Å². The Labute approximate surface area is 74.3 Å². The van der Waals surface area contributed by atoms with Crippen molar-refractivity contribution >= 4 is 0 Å². The Kier molecular flexibility index (Phi) is 2.03. The largest absolute Gasteiger partial charge is 0.373 e. The second kappa shape index (κ2) is 3.06. The summed E-state index contributed by atoms with van der Waals surface area (Å²) in [6.45, 7) is 0.678. The zero-order valence-corrected chi connectivity index (χ0v) is 7.20. The van der Waals surface area contributed by atoms with E-state index < -0.39 is 6.43 Å². The summed E-state index contributed by atoms with van der Waals surface area (Å²) in [7, 11) is 1.64. The van der Waals surface area contributed by atoms with Gasteiger partial charge in [-0.15, -0.1) is 0 Å². The molecule has 3 nitrogen and oxygen atoms in total. The maximum Gasteiger partial charge on any atom is 0.282 e. The van der Waals surface area contributed by atoms with Gasteiger partial charge >= 0.3 is 0 Å². The molecule has 1 saturated heterocycles. The highest BCUT2D eigenvalue weighted by Gasteiger charge is 2.27. The van der Waals surface area contributed by atoms with E-state index in [2.05, 4.69) is 5.10 Å². The lowest BCUT2D eigenvalue weighted by Gasteiger charge is -1.96. The van der Waals surface area contributed by atoms with Gasteiger partial charge in [0.25, 0.3) is 6.43 Å². The van der Waals surface area contributed by atoms with Crippen LogP contribution in [0.1, 0.15) is 17.7 Å². The minimum absolute atomic E-state index is 0.113. The van der Waals surface area contributed by atoms with Crippen LogP contribution in [0.15, 0.2) is 6.20 Å². The smallest absolute Gasteiger partial charge is 0.282 e. The van der Waals surface area contributed by atoms with Crippen molar-refractivity contribution in [1.82, 2.24) is 9.78 Å². The molecule has 13 heavy (non-hydrogen) atoms. The standard InChI is InChI=1S/C8H10F2N2O/c1-12-3-5(2-6-4-13-6)7(11-12)8(9)10/h3,6,8H,2,4H2,1H3. The lowest BCUT2D eigenvalue weighted by atomic mass is 10.1. The fourth-order valence-electron chi connectivity index (χ4n) is 1.33. The van der Waals surface area contributed by atoms with Gasteiger partial charge in [-0.3, -0.25) is 4.68 Å². The Hall–Kier alpha value is -0.970. The fourth-order valence-corrected chi connectivity index (χ4v) is 1.33. The van der Waals surface area contributed by atoms with Crippen molar-refractivity contribution in [1.29, 1.82) is 0 Å². The predicted octanol–water partition coefficient (Wildman–Crippen LogP) is 1.30. The van der Waals surface area contributed by atoms with Gasteiger partial charge in [0.1, 0.15) is 5.69 Å². The van der Waals surface area contributed by atoms with Crippen LogP contribution in [0.5, 0.6) is 0 Å². The van der Waals surface area contributed by atoms with Gasteiger partial charge in [-0.1, -0.05) is 0 Å². The van der Waals surface area contributed by atoms with E-state index in [0.29, 0.717) is 18.6 Å². The van der Waals surface area contributed by atoms with Gasteiger partial charge < -0.3 is 4.74 Å². The molecule has 0 bridgehead atoms. The lowest BCUT2D eigenvalue weighted by molar-refractivity contribution is 0.144. The highest BCUT2D eigenvalue weighted by molar-refractivity contribution is 5.19. The summed E-state index contributed by atoms with van der Waals surface area (Å²) in [5, 5.41) is 3.70. The van der Waals surface area contributed by atoms with Crippen LogP contribution in [-0.4, -0.2) is 22.5 Å². The van der Waals surface area contributed by atoms with Crippen molar-refractivity contribution in [2.45, 2.75) is 19.0 Å². The van der Waals surface area contributed by atoms with E-state index in [1.807, 2.05) is 0 Å². The Morgan fingerprint density at radius 2 is 2.46 bits per heavy atom. The van der Waals surface area contributed by atoms with E-state index >= 15 is 0 Å². The molecule has 2 rings (SSSR count). The first-order valence-electron chi connectivity index (χ1n) is 4.09. The molecule has 0 aliphatic carbocycles. The number of aromatic nitrogens is 2. The van der Waals surface area contributed by atoms with Crippen molar-refractivity contribution in [2.75, 3.05) is 6.61 Å². The number of epoxide rings is 1. The summed E-state index contributed by atoms with van der Waals surface area (Å²) >= 11 is 0. The third kappa shape index (κ3) is 1.85. The minimum Gasteiger partial charge on any atom is -0.373 e. The number of aryl methyl sites for hydroxylation is 1. The summed E-state index contributed by atoms with van der Waals surface area (Å²) in [5.74, 6) is 0. The van der Waals surface area contributed by atoms with Crippen LogP contribution in [-0.2, 0) is 18.2 Å². The number of halogens is 2. The zero-order valence-electron chi connectivity index (χ0n) is 7.20. The van der Waals surface area contributed by atoms with Crippen LogP contribution in [0.4, 0.5) is 8.78 Å². The van der Waals surface area contributed by atoms with Crippen LogP contribution in [0.2, 0.25) is 0 Å². The van der Waals surface area contributed by atoms with Crippen LogP contribution >= 0.6 is 0 Å². The second-order valence-electron chi connectivity index (χ2n) is 3.17. The Bertz CT molecular complexity index is 307. The van der Waals surface area contributed by atoms with Crippen LogP contribution < -0.4 is 0 Å². The number of rotatable bonds is 3. The Morgan fingerprint density at radius 3 is 3.00 bits per heavy atom. The van der Waals surface area contributed by atoms with E-state index in [-0.39, 0.29) is 11.8 Å². The third-order valence-corrected chi connectivity index (χ3v) is 1.99. The normalized spacial score (nSPS) is 21.1. The third-order valence-electron chi connectivity index (χ3n) is 1.99. The van der Waals surface area contributed by atoms with E-state index in [9.17, 15) is 8.78 Å². The molecule has 72 valence electrons. The first kappa shape index (κ1) is 8.62. The van der Waals surface area contributed by atoms with Gasteiger partial charge in [0, 0.05) is 25.2 Å². The minimum atomic E-state index is -2.49. The van der Waals surface area contributed by atoms with E-state index in [0.717, 1.165) is 0 Å². The van der Waals surface area contributed by atoms with Crippen molar-refractivity contribution in [2.24, 2.45) is 7.05 Å². The number of alkyl halides is 2. The number of nitrogens with zero attached hydrogens (tertiary/aromatic N) is 2. The average Bonchev–Trinajstić information content (AvgIpc) is 2.75. The van der Waals surface area contributed by atoms with Gasteiger partial charge in [-0.05, 0) is 0 Å². The summed E-state index contributed by atoms with van der Waals surface area (Å²) in [5.41, 5.74) is 0.484. The molecule has 1 aliphatic rings. The van der Waals surface area contributed by atoms with Gasteiger partial charge in [-0.2, -0.15) is 5.10 Å². The number of hydrogen-bond acceptors (Lipinski definition) is 2. The molecule has 0 amide bonds. The highest BCUT2D eigenvalue weighted by Crippen LogP contribution is 2.25. The topological polar surface area (TPSA) is 30.4 Å². The molecule has 1 aliphatic heterocycles. The maximum atomic E-state index is 12.4. The van der Waals surface area contributed by atoms with E-state index in [1.54, 1.807) is 13.2 Å². The first-order chi connectivity index (χ1) is 6.16. The molecule has 5 heteroatoms. The zero-order chi connectivity index (χ0) is 9.42. The second-order valence-corrected chi connectivity index (χ2v) is 3.17. The number of hydrogen-bond donors (Lipinski definition) is 0. The van der Waals surface area contributed by atoms with Crippen LogP contribution in [0, 0.1) is 0 Å². The molecule has 1 atom stereocenters. The fraction of sp³-hybridized carbons (Fsp3) is 0.625.